The van der Waals surface area contributed by atoms with Crippen molar-refractivity contribution in [1.82, 2.24) is 20.1 Å². The van der Waals surface area contributed by atoms with Crippen molar-refractivity contribution in [2.75, 3.05) is 0 Å². The Kier molecular flexibility index (Phi) is 4.47. The Hall–Kier alpha value is -0.900. The van der Waals surface area contributed by atoms with Crippen LogP contribution in [0.4, 0.5) is 0 Å². The molecule has 0 amide bonds. The summed E-state index contributed by atoms with van der Waals surface area (Å²) < 4.78 is 1.94. The summed E-state index contributed by atoms with van der Waals surface area (Å²) in [6, 6.07) is 0. The van der Waals surface area contributed by atoms with E-state index < -0.39 is 0 Å². The van der Waals surface area contributed by atoms with Crippen molar-refractivity contribution >= 4 is 0 Å². The highest BCUT2D eigenvalue weighted by atomic mass is 15.3. The summed E-state index contributed by atoms with van der Waals surface area (Å²) in [7, 11) is 0. The average Bonchev–Trinajstić information content (AvgIpc) is 2.61. The van der Waals surface area contributed by atoms with Gasteiger partial charge in [-0.2, -0.15) is 5.10 Å². The third-order valence-corrected chi connectivity index (χ3v) is 2.56. The highest BCUT2D eigenvalue weighted by Crippen LogP contribution is 2.04. The fourth-order valence-corrected chi connectivity index (χ4v) is 1.29. The molecule has 0 saturated carbocycles. The molecule has 0 radical (unpaired) electrons. The quantitative estimate of drug-likeness (QED) is 0.834. The zero-order valence-electron chi connectivity index (χ0n) is 11.1. The molecule has 0 aliphatic rings. The molecule has 92 valence electrons. The smallest absolute Gasteiger partial charge is 0.164 e. The summed E-state index contributed by atoms with van der Waals surface area (Å²) in [4.78, 5) is 4.30. The van der Waals surface area contributed by atoms with E-state index in [0.717, 1.165) is 18.9 Å². The van der Waals surface area contributed by atoms with Crippen LogP contribution in [-0.2, 0) is 13.1 Å². The van der Waals surface area contributed by atoms with Gasteiger partial charge in [-0.3, -0.25) is 4.68 Å². The minimum absolute atomic E-state index is 0.113. The molecule has 1 aromatic heterocycles. The van der Waals surface area contributed by atoms with Crippen LogP contribution in [-0.4, -0.2) is 20.3 Å². The van der Waals surface area contributed by atoms with Gasteiger partial charge in [0, 0.05) is 12.1 Å². The van der Waals surface area contributed by atoms with Gasteiger partial charge in [-0.25, -0.2) is 4.98 Å². The van der Waals surface area contributed by atoms with E-state index in [1.165, 1.54) is 6.42 Å². The Balaban J connectivity index is 2.45. The van der Waals surface area contributed by atoms with E-state index in [2.05, 4.69) is 50.0 Å². The summed E-state index contributed by atoms with van der Waals surface area (Å²) >= 11 is 0. The minimum atomic E-state index is 0.113. The Morgan fingerprint density at radius 3 is 2.69 bits per heavy atom. The lowest BCUT2D eigenvalue weighted by molar-refractivity contribution is 0.409. The lowest BCUT2D eigenvalue weighted by atomic mass is 10.1. The second kappa shape index (κ2) is 5.43. The molecule has 1 heterocycles. The minimum Gasteiger partial charge on any atom is -0.305 e. The van der Waals surface area contributed by atoms with Crippen LogP contribution >= 0.6 is 0 Å². The maximum atomic E-state index is 4.44. The molecule has 0 fully saturated rings. The Morgan fingerprint density at radius 2 is 2.12 bits per heavy atom. The summed E-state index contributed by atoms with van der Waals surface area (Å²) in [5, 5.41) is 7.82. The van der Waals surface area contributed by atoms with Crippen LogP contribution in [0.2, 0.25) is 0 Å². The first kappa shape index (κ1) is 13.2. The molecule has 0 aliphatic carbocycles. The van der Waals surface area contributed by atoms with Crippen LogP contribution in [0, 0.1) is 5.92 Å². The van der Waals surface area contributed by atoms with E-state index in [1.807, 2.05) is 11.0 Å². The van der Waals surface area contributed by atoms with Crippen LogP contribution in [0.15, 0.2) is 6.33 Å². The average molecular weight is 224 g/mol. The Bertz CT molecular complexity index is 311. The largest absolute Gasteiger partial charge is 0.305 e. The molecule has 0 saturated heterocycles. The summed E-state index contributed by atoms with van der Waals surface area (Å²) in [5.41, 5.74) is 0.113. The lowest BCUT2D eigenvalue weighted by Gasteiger charge is -2.19. The molecule has 0 bridgehead atoms. The predicted octanol–water partition coefficient (Wildman–Crippen LogP) is 2.21. The van der Waals surface area contributed by atoms with Gasteiger partial charge >= 0.3 is 0 Å². The molecule has 0 aromatic carbocycles. The van der Waals surface area contributed by atoms with Gasteiger partial charge in [-0.05, 0) is 26.7 Å². The van der Waals surface area contributed by atoms with E-state index in [0.29, 0.717) is 5.92 Å². The first-order valence-electron chi connectivity index (χ1n) is 6.04. The second-order valence-corrected chi connectivity index (χ2v) is 5.50. The summed E-state index contributed by atoms with van der Waals surface area (Å²) in [6.07, 6.45) is 3.00. The second-order valence-electron chi connectivity index (χ2n) is 5.50. The number of hydrogen-bond donors (Lipinski definition) is 1. The van der Waals surface area contributed by atoms with Gasteiger partial charge in [0.15, 0.2) is 5.82 Å². The van der Waals surface area contributed by atoms with Crippen molar-refractivity contribution in [3.8, 4) is 0 Å². The van der Waals surface area contributed by atoms with E-state index in [1.54, 1.807) is 0 Å². The van der Waals surface area contributed by atoms with Gasteiger partial charge < -0.3 is 5.32 Å². The van der Waals surface area contributed by atoms with Crippen molar-refractivity contribution in [3.63, 3.8) is 0 Å². The van der Waals surface area contributed by atoms with Gasteiger partial charge in [0.1, 0.15) is 6.33 Å². The van der Waals surface area contributed by atoms with Gasteiger partial charge in [-0.1, -0.05) is 20.3 Å². The molecule has 4 heteroatoms. The SMILES string of the molecule is CCC(C)Cn1cnc(CNC(C)(C)C)n1. The molecule has 4 nitrogen and oxygen atoms in total. The van der Waals surface area contributed by atoms with Gasteiger partial charge in [0.05, 0.1) is 6.54 Å². The molecule has 0 spiro atoms. The molecule has 0 aliphatic heterocycles. The maximum Gasteiger partial charge on any atom is 0.164 e. The van der Waals surface area contributed by atoms with E-state index in [4.69, 9.17) is 0 Å². The Labute approximate surface area is 98.5 Å². The molecular formula is C12H24N4. The first-order chi connectivity index (χ1) is 7.40. The molecule has 1 atom stereocenters. The zero-order valence-corrected chi connectivity index (χ0v) is 11.1. The number of hydrogen-bond acceptors (Lipinski definition) is 3. The molecule has 1 N–H and O–H groups in total. The van der Waals surface area contributed by atoms with Crippen molar-refractivity contribution in [3.05, 3.63) is 12.2 Å². The molecular weight excluding hydrogens is 200 g/mol. The van der Waals surface area contributed by atoms with Crippen molar-refractivity contribution < 1.29 is 0 Å². The van der Waals surface area contributed by atoms with Gasteiger partial charge in [-0.15, -0.1) is 0 Å². The zero-order chi connectivity index (χ0) is 12.2. The molecule has 1 unspecified atom stereocenters. The van der Waals surface area contributed by atoms with Crippen molar-refractivity contribution in [1.29, 1.82) is 0 Å². The van der Waals surface area contributed by atoms with Crippen LogP contribution < -0.4 is 5.32 Å². The lowest BCUT2D eigenvalue weighted by Crippen LogP contribution is -2.35. The topological polar surface area (TPSA) is 42.7 Å². The molecule has 1 rings (SSSR count). The standard InChI is InChI=1S/C12H24N4/c1-6-10(2)8-16-9-13-11(15-16)7-14-12(3,4)5/h9-10,14H,6-8H2,1-5H3. The van der Waals surface area contributed by atoms with Crippen LogP contribution in [0.1, 0.15) is 46.9 Å². The van der Waals surface area contributed by atoms with Crippen LogP contribution in [0.5, 0.6) is 0 Å². The highest BCUT2D eigenvalue weighted by Gasteiger charge is 2.10. The van der Waals surface area contributed by atoms with Crippen LogP contribution in [0.25, 0.3) is 0 Å². The fourth-order valence-electron chi connectivity index (χ4n) is 1.29. The van der Waals surface area contributed by atoms with Gasteiger partial charge in [0.25, 0.3) is 0 Å². The number of aromatic nitrogens is 3. The fraction of sp³-hybridized carbons (Fsp3) is 0.833. The summed E-state index contributed by atoms with van der Waals surface area (Å²) in [6.45, 7) is 12.5. The predicted molar refractivity (Wildman–Crippen MR) is 66.1 cm³/mol. The van der Waals surface area contributed by atoms with E-state index >= 15 is 0 Å². The maximum absolute atomic E-state index is 4.44. The number of nitrogens with zero attached hydrogens (tertiary/aromatic N) is 3. The number of nitrogens with one attached hydrogen (secondary N) is 1. The van der Waals surface area contributed by atoms with Gasteiger partial charge in [0.2, 0.25) is 0 Å². The van der Waals surface area contributed by atoms with Crippen molar-refractivity contribution in [2.24, 2.45) is 5.92 Å². The normalized spacial score (nSPS) is 14.1. The van der Waals surface area contributed by atoms with E-state index in [9.17, 15) is 0 Å². The third kappa shape index (κ3) is 4.75. The molecule has 1 aromatic rings. The van der Waals surface area contributed by atoms with E-state index in [-0.39, 0.29) is 5.54 Å². The summed E-state index contributed by atoms with van der Waals surface area (Å²) in [5.74, 6) is 1.53. The number of rotatable bonds is 5. The third-order valence-electron chi connectivity index (χ3n) is 2.56. The van der Waals surface area contributed by atoms with Crippen LogP contribution in [0.3, 0.4) is 0 Å². The Morgan fingerprint density at radius 1 is 1.44 bits per heavy atom. The highest BCUT2D eigenvalue weighted by molar-refractivity contribution is 4.84. The first-order valence-corrected chi connectivity index (χ1v) is 6.04. The monoisotopic (exact) mass is 224 g/mol. The molecule has 16 heavy (non-hydrogen) atoms. The van der Waals surface area contributed by atoms with Crippen molar-refractivity contribution in [2.45, 2.75) is 59.7 Å².